The Balaban J connectivity index is 1.21. The Morgan fingerprint density at radius 2 is 1.58 bits per heavy atom. The van der Waals surface area contributed by atoms with Gasteiger partial charge in [-0.2, -0.15) is 0 Å². The van der Waals surface area contributed by atoms with Gasteiger partial charge in [0.2, 0.25) is 0 Å². The molecule has 8 rings (SSSR count). The Morgan fingerprint density at radius 1 is 0.933 bits per heavy atom. The second-order valence-corrected chi connectivity index (χ2v) is 13.8. The van der Waals surface area contributed by atoms with Crippen molar-refractivity contribution >= 4 is 23.5 Å². The summed E-state index contributed by atoms with van der Waals surface area (Å²) in [5.74, 6) is 2.82. The van der Waals surface area contributed by atoms with Gasteiger partial charge >= 0.3 is 6.03 Å². The third-order valence-corrected chi connectivity index (χ3v) is 10.6. The summed E-state index contributed by atoms with van der Waals surface area (Å²) in [4.78, 5) is 24.8. The number of nitrogens with one attached hydrogen (secondary N) is 2. The maximum atomic E-state index is 13.8. The molecular weight excluding hydrogens is 591 g/mol. The molecule has 2 N–H and O–H groups in total. The van der Waals surface area contributed by atoms with Crippen LogP contribution in [0.15, 0.2) is 84.0 Å². The van der Waals surface area contributed by atoms with E-state index in [1.807, 2.05) is 34.9 Å². The summed E-state index contributed by atoms with van der Waals surface area (Å²) in [6.07, 6.45) is 7.46. The largest absolute Gasteiger partial charge is 0.333 e. The van der Waals surface area contributed by atoms with Gasteiger partial charge in [-0.05, 0) is 91.7 Å². The van der Waals surface area contributed by atoms with Crippen molar-refractivity contribution < 1.29 is 14.1 Å². The maximum absolute atomic E-state index is 13.8. The number of nitro benzene ring substituents is 1. The van der Waals surface area contributed by atoms with Crippen molar-refractivity contribution in [2.75, 3.05) is 0 Å². The number of nitrogens with zero attached hydrogens (tertiary/aromatic N) is 4. The Morgan fingerprint density at radius 3 is 2.20 bits per heavy atom. The Labute approximate surface area is 265 Å². The zero-order valence-corrected chi connectivity index (χ0v) is 25.6. The highest BCUT2D eigenvalue weighted by Crippen LogP contribution is 2.55. The molecule has 232 valence electrons. The van der Waals surface area contributed by atoms with Crippen LogP contribution in [-0.2, 0) is 12.2 Å². The molecule has 1 heterocycles. The molecule has 0 radical (unpaired) electrons. The van der Waals surface area contributed by atoms with Gasteiger partial charge in [0, 0.05) is 35.5 Å². The van der Waals surface area contributed by atoms with Crippen LogP contribution >= 0.6 is 11.8 Å². The molecule has 1 atom stereocenters. The maximum Gasteiger partial charge on any atom is 0.315 e. The van der Waals surface area contributed by atoms with Gasteiger partial charge in [-0.3, -0.25) is 14.7 Å². The number of aromatic nitrogens is 3. The minimum Gasteiger partial charge on any atom is -0.333 e. The minimum atomic E-state index is -0.538. The van der Waals surface area contributed by atoms with Crippen LogP contribution in [0.25, 0.3) is 5.69 Å². The summed E-state index contributed by atoms with van der Waals surface area (Å²) in [6.45, 7) is 0. The highest BCUT2D eigenvalue weighted by molar-refractivity contribution is 7.98. The van der Waals surface area contributed by atoms with Crippen LogP contribution in [0, 0.1) is 33.7 Å². The second-order valence-electron chi connectivity index (χ2n) is 12.9. The number of non-ortho nitro benzene ring substituents is 1. The predicted octanol–water partition coefficient (Wildman–Crippen LogP) is 7.16. The molecule has 4 saturated carbocycles. The summed E-state index contributed by atoms with van der Waals surface area (Å²) >= 11 is 1.42. The van der Waals surface area contributed by atoms with E-state index in [9.17, 15) is 19.3 Å². The summed E-state index contributed by atoms with van der Waals surface area (Å²) < 4.78 is 15.4. The average Bonchev–Trinajstić information content (AvgIpc) is 3.44. The van der Waals surface area contributed by atoms with E-state index in [0.29, 0.717) is 46.6 Å². The molecule has 9 nitrogen and oxygen atoms in total. The summed E-state index contributed by atoms with van der Waals surface area (Å²) in [5.41, 5.74) is 2.40. The summed E-state index contributed by atoms with van der Waals surface area (Å²) in [5, 5.41) is 27.8. The van der Waals surface area contributed by atoms with Crippen LogP contribution in [0.2, 0.25) is 0 Å². The number of amides is 2. The highest BCUT2D eigenvalue weighted by atomic mass is 32.2. The first-order valence-electron chi connectivity index (χ1n) is 15.5. The number of hydrogen-bond acceptors (Lipinski definition) is 6. The smallest absolute Gasteiger partial charge is 0.315 e. The van der Waals surface area contributed by atoms with Gasteiger partial charge in [-0.1, -0.05) is 54.2 Å². The fourth-order valence-corrected chi connectivity index (χ4v) is 8.97. The van der Waals surface area contributed by atoms with Crippen molar-refractivity contribution in [3.8, 4) is 5.69 Å². The van der Waals surface area contributed by atoms with Crippen molar-refractivity contribution in [3.63, 3.8) is 0 Å². The van der Waals surface area contributed by atoms with Crippen molar-refractivity contribution in [2.45, 2.75) is 67.4 Å². The van der Waals surface area contributed by atoms with Gasteiger partial charge in [0.15, 0.2) is 11.0 Å². The third-order valence-electron chi connectivity index (χ3n) is 9.57. The quantitative estimate of drug-likeness (QED) is 0.110. The lowest BCUT2D eigenvalue weighted by atomic mass is 9.53. The highest BCUT2D eigenvalue weighted by Gasteiger charge is 2.51. The number of hydrogen-bond donors (Lipinski definition) is 2. The molecule has 0 saturated heterocycles. The van der Waals surface area contributed by atoms with Crippen molar-refractivity contribution in [3.05, 3.63) is 112 Å². The topological polar surface area (TPSA) is 115 Å². The van der Waals surface area contributed by atoms with Crippen LogP contribution < -0.4 is 10.6 Å². The van der Waals surface area contributed by atoms with Crippen LogP contribution in [-0.4, -0.2) is 31.3 Å². The molecular formula is C34H35FN6O3S. The summed E-state index contributed by atoms with van der Waals surface area (Å²) in [7, 11) is 0. The van der Waals surface area contributed by atoms with Gasteiger partial charge in [0.1, 0.15) is 5.82 Å². The number of benzene rings is 3. The minimum absolute atomic E-state index is 0.0252. The average molecular weight is 627 g/mol. The summed E-state index contributed by atoms with van der Waals surface area (Å²) in [6, 6.07) is 21.7. The molecule has 4 bridgehead atoms. The monoisotopic (exact) mass is 626 g/mol. The van der Waals surface area contributed by atoms with Gasteiger partial charge in [-0.15, -0.1) is 10.2 Å². The van der Waals surface area contributed by atoms with E-state index in [1.54, 1.807) is 24.3 Å². The Bertz CT molecular complexity index is 1640. The van der Waals surface area contributed by atoms with E-state index < -0.39 is 11.0 Å². The molecule has 4 fully saturated rings. The van der Waals surface area contributed by atoms with Crippen LogP contribution in [0.1, 0.15) is 61.5 Å². The molecule has 1 aromatic heterocycles. The second kappa shape index (κ2) is 12.3. The van der Waals surface area contributed by atoms with E-state index >= 15 is 0 Å². The molecule has 3 aromatic carbocycles. The fourth-order valence-electron chi connectivity index (χ4n) is 8.05. The zero-order chi connectivity index (χ0) is 31.0. The molecule has 4 aliphatic rings. The lowest BCUT2D eigenvalue weighted by Gasteiger charge is -2.56. The lowest BCUT2D eigenvalue weighted by molar-refractivity contribution is -0.384. The van der Waals surface area contributed by atoms with E-state index in [4.69, 9.17) is 0 Å². The SMILES string of the molecule is O=C(NC(Cc1ccccc1)c1nnc(SCc2ccc(F)cc2)n1-c1ccc([N+](=O)[O-])cc1)NC12CC3CC(CC(C3)C1)C2. The lowest BCUT2D eigenvalue weighted by Crippen LogP contribution is -2.61. The molecule has 0 spiro atoms. The molecule has 4 aromatic rings. The van der Waals surface area contributed by atoms with Crippen molar-refractivity contribution in [1.82, 2.24) is 25.4 Å². The van der Waals surface area contributed by atoms with Crippen molar-refractivity contribution in [1.29, 1.82) is 0 Å². The van der Waals surface area contributed by atoms with Crippen molar-refractivity contribution in [2.24, 2.45) is 17.8 Å². The molecule has 45 heavy (non-hydrogen) atoms. The van der Waals surface area contributed by atoms with Crippen LogP contribution in [0.5, 0.6) is 0 Å². The normalized spacial score (nSPS) is 23.9. The number of thioether (sulfide) groups is 1. The molecule has 4 aliphatic carbocycles. The van der Waals surface area contributed by atoms with E-state index in [2.05, 4.69) is 20.8 Å². The number of halogens is 1. The van der Waals surface area contributed by atoms with Crippen LogP contribution in [0.4, 0.5) is 14.9 Å². The van der Waals surface area contributed by atoms with Gasteiger partial charge < -0.3 is 10.6 Å². The predicted molar refractivity (Wildman–Crippen MR) is 169 cm³/mol. The van der Waals surface area contributed by atoms with Gasteiger partial charge in [0.25, 0.3) is 5.69 Å². The van der Waals surface area contributed by atoms with E-state index in [0.717, 1.165) is 30.4 Å². The number of carbonyl (C=O) groups is 1. The molecule has 1 unspecified atom stereocenters. The fraction of sp³-hybridized carbons (Fsp3) is 0.382. The van der Waals surface area contributed by atoms with Crippen LogP contribution in [0.3, 0.4) is 0 Å². The van der Waals surface area contributed by atoms with E-state index in [1.165, 1.54) is 55.3 Å². The third kappa shape index (κ3) is 6.45. The number of urea groups is 1. The van der Waals surface area contributed by atoms with Gasteiger partial charge in [0.05, 0.1) is 11.0 Å². The zero-order valence-electron chi connectivity index (χ0n) is 24.8. The Kier molecular flexibility index (Phi) is 8.03. The molecule has 0 aliphatic heterocycles. The molecule has 2 amide bonds. The standard InChI is InChI=1S/C34H35FN6O3S/c35-27-8-6-23(7-9-27)21-45-33-39-38-31(40(33)28-10-12-29(13-11-28)41(43)44)30(17-22-4-2-1-3-5-22)36-32(42)37-34-18-24-14-25(19-34)16-26(15-24)20-34/h1-13,24-26,30H,14-21H2,(H2,36,37,42). The first-order valence-corrected chi connectivity index (χ1v) is 16.5. The van der Waals surface area contributed by atoms with E-state index in [-0.39, 0.29) is 23.1 Å². The first-order chi connectivity index (χ1) is 21.8. The number of rotatable bonds is 10. The number of nitro groups is 1. The number of carbonyl (C=O) groups excluding carboxylic acids is 1. The van der Waals surface area contributed by atoms with Gasteiger partial charge in [-0.25, -0.2) is 9.18 Å². The first kappa shape index (κ1) is 29.5. The Hall–Kier alpha value is -4.25. The molecule has 11 heteroatoms.